The van der Waals surface area contributed by atoms with Gasteiger partial charge in [0.05, 0.1) is 26.2 Å². The highest BCUT2D eigenvalue weighted by Crippen LogP contribution is 2.33. The fourth-order valence-electron chi connectivity index (χ4n) is 2.84. The van der Waals surface area contributed by atoms with E-state index in [4.69, 9.17) is 28.4 Å². The number of ether oxygens (including phenoxy) is 6. The fourth-order valence-corrected chi connectivity index (χ4v) is 2.84. The first-order valence-electron chi connectivity index (χ1n) is 9.63. The summed E-state index contributed by atoms with van der Waals surface area (Å²) < 4.78 is 31.4. The molecule has 1 amide bonds. The zero-order chi connectivity index (χ0) is 20.8. The zero-order valence-corrected chi connectivity index (χ0v) is 16.9. The van der Waals surface area contributed by atoms with Crippen molar-refractivity contribution in [1.82, 2.24) is 4.90 Å². The molecule has 0 aromatic heterocycles. The number of fused-ring (bicyclic) bond motifs is 1. The quantitative estimate of drug-likeness (QED) is 0.452. The molecule has 0 spiro atoms. The summed E-state index contributed by atoms with van der Waals surface area (Å²) in [5.41, 5.74) is 1.01. The molecule has 9 nitrogen and oxygen atoms in total. The lowest BCUT2D eigenvalue weighted by molar-refractivity contribution is -0.171. The Morgan fingerprint density at radius 1 is 1.17 bits per heavy atom. The van der Waals surface area contributed by atoms with E-state index in [1.54, 1.807) is 7.05 Å². The number of hydrogen-bond donors (Lipinski definition) is 0. The number of esters is 1. The fraction of sp³-hybridized carbons (Fsp3) is 0.600. The van der Waals surface area contributed by atoms with Gasteiger partial charge in [-0.1, -0.05) is 6.07 Å². The van der Waals surface area contributed by atoms with Gasteiger partial charge in [0.2, 0.25) is 13.1 Å². The lowest BCUT2D eigenvalue weighted by atomic mass is 10.1. The van der Waals surface area contributed by atoms with E-state index in [0.717, 1.165) is 11.3 Å². The molecule has 2 aliphatic rings. The van der Waals surface area contributed by atoms with Crippen molar-refractivity contribution in [2.24, 2.45) is 0 Å². The van der Waals surface area contributed by atoms with Crippen LogP contribution in [0.1, 0.15) is 25.8 Å². The second-order valence-electron chi connectivity index (χ2n) is 7.07. The number of likely N-dealkylation sites (N-methyl/N-ethyl adjacent to an activating group) is 1. The average Bonchev–Trinajstić information content (AvgIpc) is 3.10. The van der Waals surface area contributed by atoms with Gasteiger partial charge >= 0.3 is 12.1 Å². The Morgan fingerprint density at radius 2 is 1.93 bits per heavy atom. The molecule has 1 aromatic carbocycles. The van der Waals surface area contributed by atoms with Crippen LogP contribution >= 0.6 is 0 Å². The Kier molecular flexibility index (Phi) is 7.16. The summed E-state index contributed by atoms with van der Waals surface area (Å²) in [5.74, 6) is 0.937. The van der Waals surface area contributed by atoms with Gasteiger partial charge in [-0.25, -0.2) is 4.79 Å². The van der Waals surface area contributed by atoms with Crippen LogP contribution in [0.3, 0.4) is 0 Å². The predicted octanol–water partition coefficient (Wildman–Crippen LogP) is 2.11. The molecule has 0 saturated carbocycles. The van der Waals surface area contributed by atoms with E-state index < -0.39 is 18.4 Å². The zero-order valence-electron chi connectivity index (χ0n) is 16.9. The first kappa shape index (κ1) is 21.2. The summed E-state index contributed by atoms with van der Waals surface area (Å²) in [6, 6.07) is 5.56. The summed E-state index contributed by atoms with van der Waals surface area (Å²) in [6.07, 6.45) is -0.797. The van der Waals surface area contributed by atoms with E-state index in [0.29, 0.717) is 25.4 Å². The number of hydrogen-bond acceptors (Lipinski definition) is 8. The number of amides is 1. The van der Waals surface area contributed by atoms with Gasteiger partial charge in [0, 0.05) is 20.0 Å². The van der Waals surface area contributed by atoms with Crippen LogP contribution in [-0.2, 0) is 30.2 Å². The normalized spacial score (nSPS) is 17.2. The monoisotopic (exact) mass is 409 g/mol. The molecule has 3 rings (SSSR count). The first-order valence-corrected chi connectivity index (χ1v) is 9.63. The van der Waals surface area contributed by atoms with Crippen molar-refractivity contribution in [1.29, 1.82) is 0 Å². The summed E-state index contributed by atoms with van der Waals surface area (Å²) in [4.78, 5) is 25.6. The van der Waals surface area contributed by atoms with Crippen LogP contribution in [0.15, 0.2) is 18.2 Å². The van der Waals surface area contributed by atoms with E-state index in [1.165, 1.54) is 11.8 Å². The molecule has 0 radical (unpaired) electrons. The highest BCUT2D eigenvalue weighted by molar-refractivity contribution is 5.70. The standard InChI is InChI=1S/C20H27NO8/c1-13(8-15-4-5-17-18(9-15)27-12-26-17)21(3)20(23)29-14(2)28-19(22)6-7-25-16-10-24-11-16/h4-5,9,13-14,16H,6-8,10-12H2,1-3H3. The van der Waals surface area contributed by atoms with Crippen LogP contribution in [0.5, 0.6) is 11.5 Å². The molecule has 1 saturated heterocycles. The summed E-state index contributed by atoms with van der Waals surface area (Å²) in [6.45, 7) is 4.99. The highest BCUT2D eigenvalue weighted by atomic mass is 16.7. The van der Waals surface area contributed by atoms with Gasteiger partial charge in [-0.15, -0.1) is 0 Å². The third-order valence-corrected chi connectivity index (χ3v) is 4.75. The molecule has 9 heteroatoms. The number of carbonyl (C=O) groups is 2. The Labute approximate surface area is 169 Å². The van der Waals surface area contributed by atoms with Crippen molar-refractivity contribution in [3.8, 4) is 11.5 Å². The van der Waals surface area contributed by atoms with Gasteiger partial charge in [-0.2, -0.15) is 0 Å². The molecule has 0 N–H and O–H groups in total. The third kappa shape index (κ3) is 5.98. The lowest BCUT2D eigenvalue weighted by Crippen LogP contribution is -2.39. The Bertz CT molecular complexity index is 720. The Balaban J connectivity index is 1.38. The topological polar surface area (TPSA) is 92.8 Å². The molecular formula is C20H27NO8. The van der Waals surface area contributed by atoms with E-state index in [-0.39, 0.29) is 32.0 Å². The number of carbonyl (C=O) groups excluding carboxylic acids is 2. The Morgan fingerprint density at radius 3 is 2.66 bits per heavy atom. The molecule has 2 unspecified atom stereocenters. The third-order valence-electron chi connectivity index (χ3n) is 4.75. The first-order chi connectivity index (χ1) is 13.9. The summed E-state index contributed by atoms with van der Waals surface area (Å²) >= 11 is 0. The van der Waals surface area contributed by atoms with Crippen LogP contribution in [0.25, 0.3) is 0 Å². The molecule has 29 heavy (non-hydrogen) atoms. The van der Waals surface area contributed by atoms with Crippen molar-refractivity contribution >= 4 is 12.1 Å². The van der Waals surface area contributed by atoms with E-state index in [1.807, 2.05) is 25.1 Å². The van der Waals surface area contributed by atoms with Crippen LogP contribution in [-0.4, -0.2) is 69.1 Å². The van der Waals surface area contributed by atoms with Gasteiger partial charge in [-0.05, 0) is 31.0 Å². The number of nitrogens with zero attached hydrogens (tertiary/aromatic N) is 1. The molecule has 1 aromatic rings. The largest absolute Gasteiger partial charge is 0.454 e. The Hall–Kier alpha value is -2.52. The average molecular weight is 409 g/mol. The van der Waals surface area contributed by atoms with Gasteiger partial charge < -0.3 is 33.3 Å². The van der Waals surface area contributed by atoms with E-state index >= 15 is 0 Å². The molecule has 2 atom stereocenters. The van der Waals surface area contributed by atoms with Gasteiger partial charge in [0.15, 0.2) is 11.5 Å². The van der Waals surface area contributed by atoms with Crippen molar-refractivity contribution in [3.63, 3.8) is 0 Å². The van der Waals surface area contributed by atoms with Crippen molar-refractivity contribution < 1.29 is 38.0 Å². The highest BCUT2D eigenvalue weighted by Gasteiger charge is 2.23. The minimum Gasteiger partial charge on any atom is -0.454 e. The lowest BCUT2D eigenvalue weighted by Gasteiger charge is -2.26. The minimum atomic E-state index is -0.984. The summed E-state index contributed by atoms with van der Waals surface area (Å²) in [7, 11) is 1.64. The van der Waals surface area contributed by atoms with Crippen LogP contribution < -0.4 is 9.47 Å². The molecular weight excluding hydrogens is 382 g/mol. The number of benzene rings is 1. The molecule has 2 heterocycles. The molecule has 0 aliphatic carbocycles. The van der Waals surface area contributed by atoms with Gasteiger partial charge in [0.25, 0.3) is 0 Å². The minimum absolute atomic E-state index is 0.0537. The van der Waals surface area contributed by atoms with Gasteiger partial charge in [0.1, 0.15) is 6.10 Å². The van der Waals surface area contributed by atoms with Crippen molar-refractivity contribution in [2.45, 2.75) is 45.1 Å². The van der Waals surface area contributed by atoms with Gasteiger partial charge in [-0.3, -0.25) is 4.79 Å². The van der Waals surface area contributed by atoms with Crippen LogP contribution in [0.2, 0.25) is 0 Å². The SMILES string of the molecule is CC(OC(=O)CCOC1COC1)OC(=O)N(C)C(C)Cc1ccc2c(c1)OCO2. The maximum Gasteiger partial charge on any atom is 0.412 e. The molecule has 0 bridgehead atoms. The maximum atomic E-state index is 12.3. The van der Waals surface area contributed by atoms with E-state index in [9.17, 15) is 9.59 Å². The van der Waals surface area contributed by atoms with Crippen molar-refractivity contribution in [2.75, 3.05) is 33.7 Å². The molecule has 160 valence electrons. The van der Waals surface area contributed by atoms with Crippen LogP contribution in [0, 0.1) is 0 Å². The van der Waals surface area contributed by atoms with E-state index in [2.05, 4.69) is 0 Å². The second-order valence-corrected chi connectivity index (χ2v) is 7.07. The molecule has 1 fully saturated rings. The predicted molar refractivity (Wildman–Crippen MR) is 101 cm³/mol. The van der Waals surface area contributed by atoms with Crippen molar-refractivity contribution in [3.05, 3.63) is 23.8 Å². The summed E-state index contributed by atoms with van der Waals surface area (Å²) in [5, 5.41) is 0. The van der Waals surface area contributed by atoms with Crippen LogP contribution in [0.4, 0.5) is 4.79 Å². The molecule has 2 aliphatic heterocycles. The smallest absolute Gasteiger partial charge is 0.412 e. The second kappa shape index (κ2) is 9.80. The maximum absolute atomic E-state index is 12.3. The number of rotatable bonds is 9.